The molecule has 2 amide bonds. The van der Waals surface area contributed by atoms with Crippen molar-refractivity contribution < 1.29 is 38.0 Å². The zero-order valence-corrected chi connectivity index (χ0v) is 15.9. The van der Waals surface area contributed by atoms with E-state index in [1.165, 1.54) is 0 Å². The van der Waals surface area contributed by atoms with Crippen molar-refractivity contribution in [3.8, 4) is 0 Å². The lowest BCUT2D eigenvalue weighted by Gasteiger charge is -2.19. The smallest absolute Gasteiger partial charge is 0.417 e. The van der Waals surface area contributed by atoms with Gasteiger partial charge in [-0.05, 0) is 20.8 Å². The molecule has 0 aromatic carbocycles. The molecule has 26 heavy (non-hydrogen) atoms. The predicted octanol–water partition coefficient (Wildman–Crippen LogP) is 1.90. The molecule has 0 bridgehead atoms. The van der Waals surface area contributed by atoms with E-state index in [4.69, 9.17) is 28.4 Å². The number of ether oxygens (including phenoxy) is 6. The van der Waals surface area contributed by atoms with E-state index in [0.717, 1.165) is 0 Å². The number of hydrogen-bond acceptors (Lipinski definition) is 8. The maximum atomic E-state index is 11.3. The Labute approximate surface area is 154 Å². The van der Waals surface area contributed by atoms with E-state index >= 15 is 0 Å². The summed E-state index contributed by atoms with van der Waals surface area (Å²) in [7, 11) is 0. The van der Waals surface area contributed by atoms with Crippen LogP contribution in [0.25, 0.3) is 0 Å². The Balaban J connectivity index is 3.32. The summed E-state index contributed by atoms with van der Waals surface area (Å²) in [5.74, 6) is 0. The Bertz CT molecular complexity index is 395. The number of hydrogen-bond donors (Lipinski definition) is 1. The van der Waals surface area contributed by atoms with Crippen LogP contribution in [0.3, 0.4) is 0 Å². The number of imide groups is 1. The van der Waals surface area contributed by atoms with E-state index in [9.17, 15) is 9.59 Å². The molecule has 0 atom stereocenters. The molecule has 0 aromatic heterocycles. The van der Waals surface area contributed by atoms with Crippen LogP contribution >= 0.6 is 0 Å². The second-order valence-electron chi connectivity index (χ2n) is 5.96. The fourth-order valence-electron chi connectivity index (χ4n) is 1.44. The van der Waals surface area contributed by atoms with Gasteiger partial charge in [0, 0.05) is 0 Å². The van der Waals surface area contributed by atoms with Gasteiger partial charge in [-0.15, -0.1) is 6.58 Å². The van der Waals surface area contributed by atoms with Crippen molar-refractivity contribution in [2.24, 2.45) is 0 Å². The molecule has 0 spiro atoms. The Hall–Kier alpha value is -1.68. The minimum Gasteiger partial charge on any atom is -0.447 e. The summed E-state index contributed by atoms with van der Waals surface area (Å²) in [6, 6.07) is 0. The first-order valence-electron chi connectivity index (χ1n) is 8.44. The molecular weight excluding hydrogens is 346 g/mol. The van der Waals surface area contributed by atoms with E-state index in [-0.39, 0.29) is 13.2 Å². The van der Waals surface area contributed by atoms with Gasteiger partial charge in [0.15, 0.2) is 0 Å². The van der Waals surface area contributed by atoms with Crippen molar-refractivity contribution in [1.82, 2.24) is 5.32 Å². The number of carbonyl (C=O) groups is 2. The van der Waals surface area contributed by atoms with Crippen LogP contribution in [0.2, 0.25) is 0 Å². The standard InChI is InChI=1S/C17H31NO8/c1-5-6-21-7-8-22-9-10-23-11-12-24-13-14-25-15(19)18-16(20)26-17(2,3)4/h5H,1,6-14H2,2-4H3,(H,18,19,20). The molecular formula is C17H31NO8. The van der Waals surface area contributed by atoms with E-state index in [0.29, 0.717) is 46.2 Å². The molecule has 0 aliphatic carbocycles. The third-order valence-electron chi connectivity index (χ3n) is 2.42. The number of rotatable bonds is 14. The zero-order valence-electron chi connectivity index (χ0n) is 15.9. The summed E-state index contributed by atoms with van der Waals surface area (Å²) in [6.45, 7) is 12.1. The van der Waals surface area contributed by atoms with Gasteiger partial charge in [0.05, 0.1) is 52.9 Å². The Kier molecular flexibility index (Phi) is 14.6. The highest BCUT2D eigenvalue weighted by atomic mass is 16.6. The van der Waals surface area contributed by atoms with Crippen LogP contribution in [0, 0.1) is 0 Å². The molecule has 0 unspecified atom stereocenters. The summed E-state index contributed by atoms with van der Waals surface area (Å²) >= 11 is 0. The Morgan fingerprint density at radius 1 is 0.808 bits per heavy atom. The van der Waals surface area contributed by atoms with Gasteiger partial charge in [0.25, 0.3) is 0 Å². The van der Waals surface area contributed by atoms with Crippen LogP contribution < -0.4 is 5.32 Å². The quantitative estimate of drug-likeness (QED) is 0.362. The van der Waals surface area contributed by atoms with Gasteiger partial charge in [-0.25, -0.2) is 14.9 Å². The van der Waals surface area contributed by atoms with Crippen LogP contribution in [-0.4, -0.2) is 77.2 Å². The van der Waals surface area contributed by atoms with Gasteiger partial charge in [0.1, 0.15) is 12.2 Å². The first-order chi connectivity index (χ1) is 12.3. The lowest BCUT2D eigenvalue weighted by Crippen LogP contribution is -2.37. The van der Waals surface area contributed by atoms with Crippen LogP contribution in [0.4, 0.5) is 9.59 Å². The van der Waals surface area contributed by atoms with Gasteiger partial charge >= 0.3 is 12.2 Å². The maximum absolute atomic E-state index is 11.3. The van der Waals surface area contributed by atoms with E-state index in [2.05, 4.69) is 6.58 Å². The molecule has 152 valence electrons. The molecule has 0 fully saturated rings. The van der Waals surface area contributed by atoms with Crippen molar-refractivity contribution in [2.45, 2.75) is 26.4 Å². The van der Waals surface area contributed by atoms with Gasteiger partial charge in [-0.3, -0.25) is 0 Å². The van der Waals surface area contributed by atoms with Crippen molar-refractivity contribution in [3.05, 3.63) is 12.7 Å². The van der Waals surface area contributed by atoms with Crippen molar-refractivity contribution >= 4 is 12.2 Å². The third-order valence-corrected chi connectivity index (χ3v) is 2.42. The molecule has 0 radical (unpaired) electrons. The summed E-state index contributed by atoms with van der Waals surface area (Å²) < 4.78 is 30.7. The van der Waals surface area contributed by atoms with Crippen LogP contribution in [0.5, 0.6) is 0 Å². The molecule has 0 aromatic rings. The highest BCUT2D eigenvalue weighted by molar-refractivity contribution is 5.87. The summed E-state index contributed by atoms with van der Waals surface area (Å²) in [4.78, 5) is 22.6. The SMILES string of the molecule is C=CCOCCOCCOCCOCCOC(=O)NC(=O)OC(C)(C)C. The first kappa shape index (κ1) is 24.3. The molecule has 9 heteroatoms. The predicted molar refractivity (Wildman–Crippen MR) is 94.2 cm³/mol. The minimum absolute atomic E-state index is 0.0163. The maximum Gasteiger partial charge on any atom is 0.417 e. The van der Waals surface area contributed by atoms with Gasteiger partial charge in [0.2, 0.25) is 0 Å². The molecule has 0 aliphatic heterocycles. The number of amides is 2. The van der Waals surface area contributed by atoms with Gasteiger partial charge < -0.3 is 28.4 Å². The van der Waals surface area contributed by atoms with E-state index in [1.807, 2.05) is 5.32 Å². The summed E-state index contributed by atoms with van der Waals surface area (Å²) in [5, 5.41) is 1.95. The van der Waals surface area contributed by atoms with Gasteiger partial charge in [-0.1, -0.05) is 6.08 Å². The molecule has 0 aliphatic rings. The first-order valence-corrected chi connectivity index (χ1v) is 8.44. The fourth-order valence-corrected chi connectivity index (χ4v) is 1.44. The molecule has 1 N–H and O–H groups in total. The number of carbonyl (C=O) groups excluding carboxylic acids is 2. The van der Waals surface area contributed by atoms with Gasteiger partial charge in [-0.2, -0.15) is 0 Å². The molecule has 0 heterocycles. The van der Waals surface area contributed by atoms with Crippen molar-refractivity contribution in [3.63, 3.8) is 0 Å². The highest BCUT2D eigenvalue weighted by Crippen LogP contribution is 2.06. The lowest BCUT2D eigenvalue weighted by molar-refractivity contribution is -0.00458. The van der Waals surface area contributed by atoms with Crippen molar-refractivity contribution in [1.29, 1.82) is 0 Å². The van der Waals surface area contributed by atoms with E-state index in [1.54, 1.807) is 26.8 Å². The second-order valence-corrected chi connectivity index (χ2v) is 5.96. The Morgan fingerprint density at radius 2 is 1.27 bits per heavy atom. The highest BCUT2D eigenvalue weighted by Gasteiger charge is 2.18. The third kappa shape index (κ3) is 18.7. The fraction of sp³-hybridized carbons (Fsp3) is 0.765. The minimum atomic E-state index is -0.881. The molecule has 9 nitrogen and oxygen atoms in total. The second kappa shape index (κ2) is 15.6. The zero-order chi connectivity index (χ0) is 19.7. The Morgan fingerprint density at radius 3 is 1.73 bits per heavy atom. The average molecular weight is 377 g/mol. The summed E-state index contributed by atoms with van der Waals surface area (Å²) in [5.41, 5.74) is -0.683. The topological polar surface area (TPSA) is 102 Å². The average Bonchev–Trinajstić information content (AvgIpc) is 2.53. The number of nitrogens with one attached hydrogen (secondary N) is 1. The monoisotopic (exact) mass is 377 g/mol. The lowest BCUT2D eigenvalue weighted by atomic mass is 10.2. The van der Waals surface area contributed by atoms with Crippen LogP contribution in [0.15, 0.2) is 12.7 Å². The van der Waals surface area contributed by atoms with Crippen molar-refractivity contribution in [2.75, 3.05) is 59.5 Å². The van der Waals surface area contributed by atoms with Crippen LogP contribution in [-0.2, 0) is 28.4 Å². The largest absolute Gasteiger partial charge is 0.447 e. The summed E-state index contributed by atoms with van der Waals surface area (Å²) in [6.07, 6.45) is -0.0543. The number of alkyl carbamates (subject to hydrolysis) is 2. The molecule has 0 saturated carbocycles. The molecule has 0 saturated heterocycles. The normalized spacial score (nSPS) is 11.0. The van der Waals surface area contributed by atoms with Crippen LogP contribution in [0.1, 0.15) is 20.8 Å². The van der Waals surface area contributed by atoms with E-state index < -0.39 is 17.8 Å². The molecule has 0 rings (SSSR count).